The van der Waals surface area contributed by atoms with Crippen LogP contribution in [0.2, 0.25) is 0 Å². The first-order chi connectivity index (χ1) is 9.64. The van der Waals surface area contributed by atoms with E-state index in [0.29, 0.717) is 0 Å². The highest BCUT2D eigenvalue weighted by Crippen LogP contribution is 2.32. The van der Waals surface area contributed by atoms with Crippen molar-refractivity contribution in [2.45, 2.75) is 24.8 Å². The number of benzene rings is 1. The third-order valence-corrected chi connectivity index (χ3v) is 3.55. The van der Waals surface area contributed by atoms with Crippen molar-refractivity contribution in [3.63, 3.8) is 0 Å². The predicted octanol–water partition coefficient (Wildman–Crippen LogP) is 1.63. The van der Waals surface area contributed by atoms with Crippen molar-refractivity contribution in [3.05, 3.63) is 29.8 Å². The van der Waals surface area contributed by atoms with Gasteiger partial charge in [-0.05, 0) is 19.1 Å². The Labute approximate surface area is 118 Å². The summed E-state index contributed by atoms with van der Waals surface area (Å²) in [5, 5.41) is 11.6. The Bertz CT molecular complexity index is 768. The molecule has 1 heterocycles. The number of nitrogens with zero attached hydrogens (tertiary/aromatic N) is 3. The van der Waals surface area contributed by atoms with Gasteiger partial charge in [-0.2, -0.15) is 13.2 Å². The molecule has 0 aliphatic heterocycles. The van der Waals surface area contributed by atoms with Gasteiger partial charge in [-0.15, -0.1) is 10.2 Å². The minimum Gasteiger partial charge on any atom is -0.297 e. The second-order valence-corrected chi connectivity index (χ2v) is 5.63. The Hall–Kier alpha value is -1.94. The van der Waals surface area contributed by atoms with Crippen LogP contribution in [0.4, 0.5) is 13.2 Å². The second kappa shape index (κ2) is 5.11. The van der Waals surface area contributed by atoms with Crippen LogP contribution in [0.15, 0.2) is 29.4 Å². The second-order valence-electron chi connectivity index (χ2n) is 4.17. The first kappa shape index (κ1) is 15.4. The fourth-order valence-corrected chi connectivity index (χ4v) is 2.51. The van der Waals surface area contributed by atoms with E-state index < -0.39 is 26.9 Å². The highest BCUT2D eigenvalue weighted by molar-refractivity contribution is 7.89. The first-order valence-electron chi connectivity index (χ1n) is 5.78. The number of rotatable bonds is 3. The molecule has 1 aromatic heterocycles. The lowest BCUT2D eigenvalue weighted by Crippen LogP contribution is -2.18. The van der Waals surface area contributed by atoms with Crippen molar-refractivity contribution in [2.75, 3.05) is 0 Å². The highest BCUT2D eigenvalue weighted by atomic mass is 32.2. The van der Waals surface area contributed by atoms with E-state index in [4.69, 9.17) is 5.14 Å². The summed E-state index contributed by atoms with van der Waals surface area (Å²) in [6.45, 7) is 1.75. The number of primary sulfonamides is 1. The molecule has 0 spiro atoms. The largest absolute Gasteiger partial charge is 0.416 e. The van der Waals surface area contributed by atoms with Crippen LogP contribution in [-0.4, -0.2) is 23.2 Å². The average Bonchev–Trinajstić information content (AvgIpc) is 2.81. The standard InChI is InChI=1S/C11H11F3N4O2S/c1-2-18-9(16-17-10(18)21(15,19)20)7-4-3-5-8(6-7)11(12,13)14/h3-6H,2H2,1H3,(H2,15,19,20). The van der Waals surface area contributed by atoms with E-state index in [1.807, 2.05) is 0 Å². The Kier molecular flexibility index (Phi) is 3.76. The van der Waals surface area contributed by atoms with Gasteiger partial charge in [0.05, 0.1) is 5.56 Å². The Morgan fingerprint density at radius 2 is 1.95 bits per heavy atom. The molecule has 2 rings (SSSR count). The SMILES string of the molecule is CCn1c(-c2cccc(C(F)(F)F)c2)nnc1S(N)(=O)=O. The van der Waals surface area contributed by atoms with E-state index in [9.17, 15) is 21.6 Å². The lowest BCUT2D eigenvalue weighted by Gasteiger charge is -2.09. The average molecular weight is 320 g/mol. The molecule has 0 bridgehead atoms. The summed E-state index contributed by atoms with van der Waals surface area (Å²) in [4.78, 5) is 0. The van der Waals surface area contributed by atoms with Crippen LogP contribution in [0.3, 0.4) is 0 Å². The van der Waals surface area contributed by atoms with Gasteiger partial charge in [0, 0.05) is 12.1 Å². The van der Waals surface area contributed by atoms with Crippen molar-refractivity contribution >= 4 is 10.0 Å². The summed E-state index contributed by atoms with van der Waals surface area (Å²) in [5.41, 5.74) is -0.753. The van der Waals surface area contributed by atoms with Gasteiger partial charge in [0.25, 0.3) is 15.2 Å². The van der Waals surface area contributed by atoms with Crippen molar-refractivity contribution in [2.24, 2.45) is 5.14 Å². The molecule has 0 saturated heterocycles. The zero-order valence-electron chi connectivity index (χ0n) is 10.8. The number of hydrogen-bond donors (Lipinski definition) is 1. The van der Waals surface area contributed by atoms with Crippen LogP contribution in [0.5, 0.6) is 0 Å². The molecule has 0 aliphatic carbocycles. The molecule has 10 heteroatoms. The maximum atomic E-state index is 12.7. The topological polar surface area (TPSA) is 90.9 Å². The van der Waals surface area contributed by atoms with Gasteiger partial charge >= 0.3 is 6.18 Å². The van der Waals surface area contributed by atoms with E-state index in [1.54, 1.807) is 6.92 Å². The van der Waals surface area contributed by atoms with Crippen LogP contribution < -0.4 is 5.14 Å². The monoisotopic (exact) mass is 320 g/mol. The summed E-state index contributed by atoms with van der Waals surface area (Å²) < 4.78 is 62.0. The molecule has 21 heavy (non-hydrogen) atoms. The molecular weight excluding hydrogens is 309 g/mol. The van der Waals surface area contributed by atoms with Crippen molar-refractivity contribution < 1.29 is 21.6 Å². The van der Waals surface area contributed by atoms with E-state index in [0.717, 1.165) is 16.7 Å². The minimum atomic E-state index is -4.50. The summed E-state index contributed by atoms with van der Waals surface area (Å²) in [6, 6.07) is 4.39. The zero-order chi connectivity index (χ0) is 15.8. The molecule has 0 unspecified atom stereocenters. The summed E-state index contributed by atoms with van der Waals surface area (Å²) >= 11 is 0. The molecule has 0 radical (unpaired) electrons. The van der Waals surface area contributed by atoms with Gasteiger partial charge in [0.1, 0.15) is 0 Å². The number of hydrogen-bond acceptors (Lipinski definition) is 4. The lowest BCUT2D eigenvalue weighted by molar-refractivity contribution is -0.137. The van der Waals surface area contributed by atoms with Crippen LogP contribution in [-0.2, 0) is 22.7 Å². The number of sulfonamides is 1. The quantitative estimate of drug-likeness (QED) is 0.930. The molecule has 0 aliphatic rings. The van der Waals surface area contributed by atoms with Crippen LogP contribution in [0.25, 0.3) is 11.4 Å². The molecule has 6 nitrogen and oxygen atoms in total. The molecule has 2 N–H and O–H groups in total. The molecule has 0 fully saturated rings. The highest BCUT2D eigenvalue weighted by Gasteiger charge is 2.31. The number of alkyl halides is 3. The van der Waals surface area contributed by atoms with E-state index in [1.165, 1.54) is 12.1 Å². The van der Waals surface area contributed by atoms with E-state index >= 15 is 0 Å². The maximum Gasteiger partial charge on any atom is 0.416 e. The summed E-state index contributed by atoms with van der Waals surface area (Å²) in [5.74, 6) is 0.00706. The van der Waals surface area contributed by atoms with Gasteiger partial charge in [-0.25, -0.2) is 13.6 Å². The normalized spacial score (nSPS) is 12.6. The molecule has 114 valence electrons. The van der Waals surface area contributed by atoms with Crippen molar-refractivity contribution in [1.29, 1.82) is 0 Å². The van der Waals surface area contributed by atoms with E-state index in [2.05, 4.69) is 10.2 Å². The smallest absolute Gasteiger partial charge is 0.297 e. The molecule has 0 amide bonds. The Morgan fingerprint density at radius 1 is 1.29 bits per heavy atom. The Morgan fingerprint density at radius 3 is 2.48 bits per heavy atom. The zero-order valence-corrected chi connectivity index (χ0v) is 11.6. The third kappa shape index (κ3) is 3.05. The van der Waals surface area contributed by atoms with Gasteiger partial charge < -0.3 is 0 Å². The van der Waals surface area contributed by atoms with Gasteiger partial charge in [-0.1, -0.05) is 12.1 Å². The number of aromatic nitrogens is 3. The van der Waals surface area contributed by atoms with Crippen LogP contribution >= 0.6 is 0 Å². The van der Waals surface area contributed by atoms with Gasteiger partial charge in [-0.3, -0.25) is 4.57 Å². The third-order valence-electron chi connectivity index (χ3n) is 2.74. The maximum absolute atomic E-state index is 12.7. The van der Waals surface area contributed by atoms with Gasteiger partial charge in [0.15, 0.2) is 5.82 Å². The molecular formula is C11H11F3N4O2S. The fourth-order valence-electron chi connectivity index (χ4n) is 1.83. The van der Waals surface area contributed by atoms with Crippen LogP contribution in [0.1, 0.15) is 12.5 Å². The molecule has 0 atom stereocenters. The molecule has 0 saturated carbocycles. The first-order valence-corrected chi connectivity index (χ1v) is 7.33. The molecule has 2 aromatic rings. The predicted molar refractivity (Wildman–Crippen MR) is 67.5 cm³/mol. The van der Waals surface area contributed by atoms with E-state index in [-0.39, 0.29) is 17.9 Å². The number of nitrogens with two attached hydrogens (primary N) is 1. The lowest BCUT2D eigenvalue weighted by atomic mass is 10.1. The Balaban J connectivity index is 2.61. The summed E-state index contributed by atoms with van der Waals surface area (Å²) in [7, 11) is -4.10. The van der Waals surface area contributed by atoms with Gasteiger partial charge in [0.2, 0.25) is 0 Å². The number of halogens is 3. The van der Waals surface area contributed by atoms with Crippen LogP contribution in [0, 0.1) is 0 Å². The minimum absolute atomic E-state index is 0.00706. The fraction of sp³-hybridized carbons (Fsp3) is 0.273. The van der Waals surface area contributed by atoms with Crippen molar-refractivity contribution in [3.8, 4) is 11.4 Å². The summed E-state index contributed by atoms with van der Waals surface area (Å²) in [6.07, 6.45) is -4.50. The van der Waals surface area contributed by atoms with Crippen molar-refractivity contribution in [1.82, 2.24) is 14.8 Å². The molecule has 1 aromatic carbocycles.